The molecule has 8 heteroatoms. The molecule has 0 amide bonds. The summed E-state index contributed by atoms with van der Waals surface area (Å²) in [7, 11) is -3.52. The predicted octanol–water partition coefficient (Wildman–Crippen LogP) is 2.96. The summed E-state index contributed by atoms with van der Waals surface area (Å²) >= 11 is 5.91. The van der Waals surface area contributed by atoms with Gasteiger partial charge < -0.3 is 10.6 Å². The number of halogens is 1. The molecule has 2 aliphatic heterocycles. The fourth-order valence-corrected chi connectivity index (χ4v) is 5.66. The zero-order valence-electron chi connectivity index (χ0n) is 17.1. The van der Waals surface area contributed by atoms with Crippen molar-refractivity contribution in [3.8, 4) is 0 Å². The first kappa shape index (κ1) is 21.3. The van der Waals surface area contributed by atoms with Crippen LogP contribution in [0.3, 0.4) is 0 Å². The van der Waals surface area contributed by atoms with E-state index in [0.29, 0.717) is 37.5 Å². The van der Waals surface area contributed by atoms with Gasteiger partial charge in [-0.1, -0.05) is 41.4 Å². The SMILES string of the molecule is Cc1ccc(CNC2=NCCNC23CCN(S(=O)(=O)c2ccc(Cl)cc2)CC3)cc1. The smallest absolute Gasteiger partial charge is 0.243 e. The van der Waals surface area contributed by atoms with Crippen molar-refractivity contribution < 1.29 is 8.42 Å². The van der Waals surface area contributed by atoms with Gasteiger partial charge in [0, 0.05) is 31.2 Å². The second-order valence-electron chi connectivity index (χ2n) is 7.94. The molecule has 0 atom stereocenters. The molecule has 0 saturated carbocycles. The number of aryl methyl sites for hydroxylation is 1. The summed E-state index contributed by atoms with van der Waals surface area (Å²) in [4.78, 5) is 5.04. The van der Waals surface area contributed by atoms with E-state index in [9.17, 15) is 8.42 Å². The van der Waals surface area contributed by atoms with E-state index in [4.69, 9.17) is 16.6 Å². The molecule has 6 nitrogen and oxygen atoms in total. The van der Waals surface area contributed by atoms with Crippen molar-refractivity contribution in [2.75, 3.05) is 26.2 Å². The summed E-state index contributed by atoms with van der Waals surface area (Å²) in [6.45, 7) is 5.21. The fourth-order valence-electron chi connectivity index (χ4n) is 4.09. The Morgan fingerprint density at radius 2 is 1.77 bits per heavy atom. The molecule has 2 aromatic rings. The standard InChI is InChI=1S/C22H27ClN4O2S/c1-17-2-4-18(5-3-17)16-25-21-22(26-13-12-24-21)10-14-27(15-11-22)30(28,29)20-8-6-19(23)7-9-20/h2-9,26H,10-16H2,1H3,(H,24,25). The molecule has 1 spiro atoms. The highest BCUT2D eigenvalue weighted by atomic mass is 35.5. The molecule has 2 aliphatic rings. The number of rotatable bonds is 4. The van der Waals surface area contributed by atoms with Crippen LogP contribution in [-0.4, -0.2) is 50.3 Å². The Morgan fingerprint density at radius 1 is 1.10 bits per heavy atom. The monoisotopic (exact) mass is 446 g/mol. The van der Waals surface area contributed by atoms with Crippen LogP contribution in [-0.2, 0) is 16.6 Å². The van der Waals surface area contributed by atoms with Gasteiger partial charge in [-0.25, -0.2) is 8.42 Å². The quantitative estimate of drug-likeness (QED) is 0.757. The van der Waals surface area contributed by atoms with Crippen LogP contribution in [0, 0.1) is 6.92 Å². The van der Waals surface area contributed by atoms with Crippen LogP contribution in [0.25, 0.3) is 0 Å². The van der Waals surface area contributed by atoms with Gasteiger partial charge in [-0.15, -0.1) is 0 Å². The number of amidine groups is 1. The number of hydrogen-bond donors (Lipinski definition) is 2. The molecule has 1 saturated heterocycles. The second kappa shape index (κ2) is 8.67. The third kappa shape index (κ3) is 4.39. The third-order valence-electron chi connectivity index (χ3n) is 5.91. The Labute approximate surface area is 183 Å². The first-order valence-corrected chi connectivity index (χ1v) is 12.1. The summed E-state index contributed by atoms with van der Waals surface area (Å²) in [5.41, 5.74) is 2.14. The number of piperidine rings is 1. The van der Waals surface area contributed by atoms with Crippen LogP contribution in [0.2, 0.25) is 5.02 Å². The lowest BCUT2D eigenvalue weighted by Crippen LogP contribution is -2.64. The summed E-state index contributed by atoms with van der Waals surface area (Å²) in [6.07, 6.45) is 1.36. The molecule has 2 aromatic carbocycles. The van der Waals surface area contributed by atoms with Crippen LogP contribution >= 0.6 is 11.6 Å². The molecule has 0 aliphatic carbocycles. The van der Waals surface area contributed by atoms with Crippen LogP contribution in [0.4, 0.5) is 0 Å². The van der Waals surface area contributed by atoms with Gasteiger partial charge in [0.05, 0.1) is 17.0 Å². The van der Waals surface area contributed by atoms with Crippen LogP contribution in [0.1, 0.15) is 24.0 Å². The Morgan fingerprint density at radius 3 is 2.43 bits per heavy atom. The lowest BCUT2D eigenvalue weighted by Gasteiger charge is -2.44. The zero-order valence-corrected chi connectivity index (χ0v) is 18.6. The first-order chi connectivity index (χ1) is 14.4. The molecular weight excluding hydrogens is 420 g/mol. The zero-order chi connectivity index (χ0) is 21.2. The van der Waals surface area contributed by atoms with Crippen molar-refractivity contribution in [1.82, 2.24) is 14.9 Å². The van der Waals surface area contributed by atoms with E-state index in [-0.39, 0.29) is 10.4 Å². The Bertz CT molecular complexity index is 1010. The number of benzene rings is 2. The average molecular weight is 447 g/mol. The van der Waals surface area contributed by atoms with Crippen molar-refractivity contribution in [1.29, 1.82) is 0 Å². The second-order valence-corrected chi connectivity index (χ2v) is 10.3. The molecular formula is C22H27ClN4O2S. The molecule has 30 heavy (non-hydrogen) atoms. The van der Waals surface area contributed by atoms with E-state index < -0.39 is 10.0 Å². The van der Waals surface area contributed by atoms with Gasteiger partial charge in [0.25, 0.3) is 0 Å². The van der Waals surface area contributed by atoms with Crippen LogP contribution in [0.15, 0.2) is 58.4 Å². The Balaban J connectivity index is 1.44. The van der Waals surface area contributed by atoms with Crippen molar-refractivity contribution in [2.24, 2.45) is 4.99 Å². The highest BCUT2D eigenvalue weighted by Crippen LogP contribution is 2.29. The maximum atomic E-state index is 13.0. The predicted molar refractivity (Wildman–Crippen MR) is 120 cm³/mol. The van der Waals surface area contributed by atoms with Gasteiger partial charge >= 0.3 is 0 Å². The number of sulfonamides is 1. The lowest BCUT2D eigenvalue weighted by molar-refractivity contribution is 0.241. The van der Waals surface area contributed by atoms with Crippen LogP contribution in [0.5, 0.6) is 0 Å². The normalized spacial score (nSPS) is 19.5. The summed E-state index contributed by atoms with van der Waals surface area (Å²) in [6, 6.07) is 14.8. The maximum absolute atomic E-state index is 13.0. The third-order valence-corrected chi connectivity index (χ3v) is 8.07. The molecule has 160 valence electrons. The molecule has 0 aromatic heterocycles. The largest absolute Gasteiger partial charge is 0.368 e. The highest BCUT2D eigenvalue weighted by molar-refractivity contribution is 7.89. The molecule has 4 rings (SSSR count). The molecule has 2 N–H and O–H groups in total. The Kier molecular flexibility index (Phi) is 6.16. The minimum absolute atomic E-state index is 0.283. The topological polar surface area (TPSA) is 73.8 Å². The van der Waals surface area contributed by atoms with Crippen molar-refractivity contribution >= 4 is 27.5 Å². The van der Waals surface area contributed by atoms with E-state index >= 15 is 0 Å². The first-order valence-electron chi connectivity index (χ1n) is 10.2. The average Bonchev–Trinajstić information content (AvgIpc) is 2.75. The minimum atomic E-state index is -3.52. The Hall–Kier alpha value is -1.93. The molecule has 0 bridgehead atoms. The summed E-state index contributed by atoms with van der Waals surface area (Å²) in [5, 5.41) is 7.66. The van der Waals surface area contributed by atoms with Crippen molar-refractivity contribution in [3.63, 3.8) is 0 Å². The summed E-state index contributed by atoms with van der Waals surface area (Å²) < 4.78 is 27.6. The van der Waals surface area contributed by atoms with E-state index in [1.165, 1.54) is 11.1 Å². The molecule has 0 unspecified atom stereocenters. The van der Waals surface area contributed by atoms with Gasteiger partial charge in [-0.3, -0.25) is 4.99 Å². The van der Waals surface area contributed by atoms with Crippen LogP contribution < -0.4 is 10.6 Å². The molecule has 2 heterocycles. The minimum Gasteiger partial charge on any atom is -0.368 e. The van der Waals surface area contributed by atoms with E-state index in [2.05, 4.69) is 41.8 Å². The van der Waals surface area contributed by atoms with Crippen molar-refractivity contribution in [2.45, 2.75) is 36.7 Å². The molecule has 0 radical (unpaired) electrons. The number of nitrogens with zero attached hydrogens (tertiary/aromatic N) is 2. The maximum Gasteiger partial charge on any atom is 0.243 e. The van der Waals surface area contributed by atoms with Crippen molar-refractivity contribution in [3.05, 3.63) is 64.7 Å². The van der Waals surface area contributed by atoms with E-state index in [0.717, 1.165) is 18.9 Å². The van der Waals surface area contributed by atoms with Gasteiger partial charge in [0.2, 0.25) is 10.0 Å². The van der Waals surface area contributed by atoms with Gasteiger partial charge in [0.1, 0.15) is 5.84 Å². The molecule has 1 fully saturated rings. The summed E-state index contributed by atoms with van der Waals surface area (Å²) in [5.74, 6) is 0.942. The lowest BCUT2D eigenvalue weighted by atomic mass is 9.85. The number of hydrogen-bond acceptors (Lipinski definition) is 5. The number of aliphatic imine (C=N–C) groups is 1. The van der Waals surface area contributed by atoms with Gasteiger partial charge in [-0.05, 0) is 49.6 Å². The van der Waals surface area contributed by atoms with Gasteiger partial charge in [0.15, 0.2) is 0 Å². The number of nitrogens with one attached hydrogen (secondary N) is 2. The van der Waals surface area contributed by atoms with E-state index in [1.807, 2.05) is 0 Å². The highest BCUT2D eigenvalue weighted by Gasteiger charge is 2.43. The van der Waals surface area contributed by atoms with Gasteiger partial charge in [-0.2, -0.15) is 4.31 Å². The fraction of sp³-hybridized carbons (Fsp3) is 0.409. The van der Waals surface area contributed by atoms with E-state index in [1.54, 1.807) is 28.6 Å².